The van der Waals surface area contributed by atoms with Crippen LogP contribution < -0.4 is 5.32 Å². The minimum absolute atomic E-state index is 0.0592. The number of hydrogen-bond acceptors (Lipinski definition) is 2. The van der Waals surface area contributed by atoms with Gasteiger partial charge in [-0.3, -0.25) is 9.48 Å². The first-order valence-electron chi connectivity index (χ1n) is 6.46. The van der Waals surface area contributed by atoms with E-state index in [1.165, 1.54) is 5.56 Å². The van der Waals surface area contributed by atoms with Gasteiger partial charge in [0.05, 0.1) is 11.9 Å². The van der Waals surface area contributed by atoms with Crippen molar-refractivity contribution in [3.63, 3.8) is 0 Å². The quantitative estimate of drug-likeness (QED) is 0.792. The van der Waals surface area contributed by atoms with Crippen LogP contribution in [0.3, 0.4) is 0 Å². The van der Waals surface area contributed by atoms with Gasteiger partial charge in [0.15, 0.2) is 0 Å². The van der Waals surface area contributed by atoms with E-state index in [9.17, 15) is 4.79 Å². The van der Waals surface area contributed by atoms with Crippen molar-refractivity contribution in [1.29, 1.82) is 0 Å². The van der Waals surface area contributed by atoms with E-state index < -0.39 is 0 Å². The fraction of sp³-hybridized carbons (Fsp3) is 0.200. The van der Waals surface area contributed by atoms with E-state index in [4.69, 9.17) is 0 Å². The third-order valence-electron chi connectivity index (χ3n) is 3.23. The van der Waals surface area contributed by atoms with Gasteiger partial charge >= 0.3 is 0 Å². The number of amides is 1. The summed E-state index contributed by atoms with van der Waals surface area (Å²) < 4.78 is 3.60. The summed E-state index contributed by atoms with van der Waals surface area (Å²) in [5, 5.41) is 8.01. The van der Waals surface area contributed by atoms with Crippen LogP contribution in [0.1, 0.15) is 5.56 Å². The van der Waals surface area contributed by atoms with Crippen molar-refractivity contribution >= 4 is 22.5 Å². The molecule has 1 N–H and O–H groups in total. The molecule has 2 heterocycles. The van der Waals surface area contributed by atoms with Crippen LogP contribution in [0, 0.1) is 6.92 Å². The van der Waals surface area contributed by atoms with Crippen molar-refractivity contribution in [2.75, 3.05) is 5.32 Å². The second-order valence-corrected chi connectivity index (χ2v) is 4.96. The highest BCUT2D eigenvalue weighted by Gasteiger charge is 2.07. The van der Waals surface area contributed by atoms with Crippen LogP contribution in [0.2, 0.25) is 0 Å². The number of anilines is 1. The zero-order chi connectivity index (χ0) is 14.1. The number of aryl methyl sites for hydroxylation is 2. The lowest BCUT2D eigenvalue weighted by Gasteiger charge is -2.06. The molecule has 0 spiro atoms. The number of aromatic nitrogens is 3. The van der Waals surface area contributed by atoms with Crippen molar-refractivity contribution in [3.05, 3.63) is 48.4 Å². The average Bonchev–Trinajstić information content (AvgIpc) is 2.96. The Kier molecular flexibility index (Phi) is 3.02. The van der Waals surface area contributed by atoms with Gasteiger partial charge in [0.25, 0.3) is 0 Å². The molecule has 0 bridgehead atoms. The second-order valence-electron chi connectivity index (χ2n) is 4.96. The molecule has 0 fully saturated rings. The van der Waals surface area contributed by atoms with Gasteiger partial charge in [-0.25, -0.2) is 0 Å². The molecule has 0 saturated carbocycles. The maximum Gasteiger partial charge on any atom is 0.244 e. The molecule has 1 amide bonds. The van der Waals surface area contributed by atoms with Crippen molar-refractivity contribution in [3.8, 4) is 0 Å². The first-order valence-corrected chi connectivity index (χ1v) is 6.46. The van der Waals surface area contributed by atoms with Gasteiger partial charge < -0.3 is 9.88 Å². The van der Waals surface area contributed by atoms with Gasteiger partial charge in [0.1, 0.15) is 6.54 Å². The van der Waals surface area contributed by atoms with Crippen LogP contribution in [0.5, 0.6) is 0 Å². The second kappa shape index (κ2) is 4.85. The summed E-state index contributed by atoms with van der Waals surface area (Å²) in [4.78, 5) is 12.0. The SMILES string of the molecule is Cc1ccc2c(ccn2CC(=O)Nc2cnn(C)c2)c1. The van der Waals surface area contributed by atoms with Crippen LogP contribution in [0.15, 0.2) is 42.9 Å². The van der Waals surface area contributed by atoms with Crippen LogP contribution in [-0.4, -0.2) is 20.3 Å². The van der Waals surface area contributed by atoms with Gasteiger partial charge in [0, 0.05) is 25.0 Å². The standard InChI is InChI=1S/C15H16N4O/c1-11-3-4-14-12(7-11)5-6-19(14)10-15(20)17-13-8-16-18(2)9-13/h3-9H,10H2,1-2H3,(H,17,20). The summed E-state index contributed by atoms with van der Waals surface area (Å²) in [5.74, 6) is -0.0592. The number of hydrogen-bond donors (Lipinski definition) is 1. The van der Waals surface area contributed by atoms with Gasteiger partial charge in [-0.05, 0) is 30.5 Å². The number of rotatable bonds is 3. The fourth-order valence-electron chi connectivity index (χ4n) is 2.30. The summed E-state index contributed by atoms with van der Waals surface area (Å²) in [5.41, 5.74) is 3.00. The lowest BCUT2D eigenvalue weighted by Crippen LogP contribution is -2.17. The Bertz CT molecular complexity index is 769. The summed E-state index contributed by atoms with van der Waals surface area (Å²) in [7, 11) is 1.82. The predicted molar refractivity (Wildman–Crippen MR) is 78.5 cm³/mol. The molecule has 0 atom stereocenters. The Balaban J connectivity index is 1.77. The number of nitrogens with zero attached hydrogens (tertiary/aromatic N) is 3. The highest BCUT2D eigenvalue weighted by molar-refractivity contribution is 5.91. The molecule has 102 valence electrons. The van der Waals surface area contributed by atoms with E-state index in [1.807, 2.05) is 29.9 Å². The Hall–Kier alpha value is -2.56. The van der Waals surface area contributed by atoms with E-state index in [0.717, 1.165) is 10.9 Å². The summed E-state index contributed by atoms with van der Waals surface area (Å²) >= 11 is 0. The molecule has 0 aliphatic carbocycles. The highest BCUT2D eigenvalue weighted by Crippen LogP contribution is 2.17. The number of benzene rings is 1. The molecule has 5 nitrogen and oxygen atoms in total. The monoisotopic (exact) mass is 268 g/mol. The fourth-order valence-corrected chi connectivity index (χ4v) is 2.30. The van der Waals surface area contributed by atoms with Crippen LogP contribution in [0.25, 0.3) is 10.9 Å². The maximum absolute atomic E-state index is 12.0. The molecule has 3 rings (SSSR count). The van der Waals surface area contributed by atoms with E-state index in [2.05, 4.69) is 29.5 Å². The van der Waals surface area contributed by atoms with Crippen LogP contribution in [0.4, 0.5) is 5.69 Å². The molecule has 0 aliphatic heterocycles. The topological polar surface area (TPSA) is 51.9 Å². The molecule has 3 aromatic rings. The zero-order valence-electron chi connectivity index (χ0n) is 11.5. The molecular formula is C15H16N4O. The molecule has 0 radical (unpaired) electrons. The Morgan fingerprint density at radius 3 is 2.95 bits per heavy atom. The highest BCUT2D eigenvalue weighted by atomic mass is 16.1. The van der Waals surface area contributed by atoms with E-state index in [1.54, 1.807) is 17.1 Å². The first-order chi connectivity index (χ1) is 9.61. The van der Waals surface area contributed by atoms with Crippen molar-refractivity contribution in [1.82, 2.24) is 14.3 Å². The molecule has 5 heteroatoms. The van der Waals surface area contributed by atoms with Gasteiger partial charge in [-0.15, -0.1) is 0 Å². The normalized spacial score (nSPS) is 10.9. The summed E-state index contributed by atoms with van der Waals surface area (Å²) in [6, 6.07) is 8.24. The molecule has 0 saturated heterocycles. The molecule has 0 aliphatic rings. The minimum atomic E-state index is -0.0592. The molecule has 2 aromatic heterocycles. The Morgan fingerprint density at radius 2 is 2.20 bits per heavy atom. The van der Waals surface area contributed by atoms with Crippen LogP contribution >= 0.6 is 0 Å². The van der Waals surface area contributed by atoms with E-state index >= 15 is 0 Å². The lowest BCUT2D eigenvalue weighted by atomic mass is 10.2. The number of carbonyl (C=O) groups is 1. The smallest absolute Gasteiger partial charge is 0.244 e. The van der Waals surface area contributed by atoms with E-state index in [-0.39, 0.29) is 5.91 Å². The lowest BCUT2D eigenvalue weighted by molar-refractivity contribution is -0.116. The minimum Gasteiger partial charge on any atom is -0.338 e. The number of carbonyl (C=O) groups excluding carboxylic acids is 1. The van der Waals surface area contributed by atoms with Crippen molar-refractivity contribution in [2.45, 2.75) is 13.5 Å². The molecule has 20 heavy (non-hydrogen) atoms. The van der Waals surface area contributed by atoms with Gasteiger partial charge in [0.2, 0.25) is 5.91 Å². The van der Waals surface area contributed by atoms with Gasteiger partial charge in [-0.1, -0.05) is 11.6 Å². The van der Waals surface area contributed by atoms with Crippen molar-refractivity contribution < 1.29 is 4.79 Å². The average molecular weight is 268 g/mol. The molecular weight excluding hydrogens is 252 g/mol. The molecule has 0 unspecified atom stereocenters. The summed E-state index contributed by atoms with van der Waals surface area (Å²) in [6.07, 6.45) is 5.34. The Morgan fingerprint density at radius 1 is 1.35 bits per heavy atom. The molecule has 1 aromatic carbocycles. The third-order valence-corrected chi connectivity index (χ3v) is 3.23. The number of fused-ring (bicyclic) bond motifs is 1. The summed E-state index contributed by atoms with van der Waals surface area (Å²) in [6.45, 7) is 2.35. The number of nitrogens with one attached hydrogen (secondary N) is 1. The van der Waals surface area contributed by atoms with E-state index in [0.29, 0.717) is 12.2 Å². The van der Waals surface area contributed by atoms with Gasteiger partial charge in [-0.2, -0.15) is 5.10 Å². The largest absolute Gasteiger partial charge is 0.338 e. The maximum atomic E-state index is 12.0. The first kappa shape index (κ1) is 12.5. The predicted octanol–water partition coefficient (Wildman–Crippen LogP) is 2.32. The van der Waals surface area contributed by atoms with Crippen LogP contribution in [-0.2, 0) is 18.4 Å². The van der Waals surface area contributed by atoms with Crippen molar-refractivity contribution in [2.24, 2.45) is 7.05 Å². The Labute approximate surface area is 116 Å². The zero-order valence-corrected chi connectivity index (χ0v) is 11.5. The third kappa shape index (κ3) is 2.42.